The van der Waals surface area contributed by atoms with Gasteiger partial charge in [-0.05, 0) is 46.6 Å². The summed E-state index contributed by atoms with van der Waals surface area (Å²) in [5.74, 6) is -0.521. The molecule has 160 valence electrons. The van der Waals surface area contributed by atoms with Crippen molar-refractivity contribution in [1.82, 2.24) is 10.4 Å². The van der Waals surface area contributed by atoms with E-state index in [4.69, 9.17) is 0 Å². The van der Waals surface area contributed by atoms with Gasteiger partial charge < -0.3 is 15.8 Å². The van der Waals surface area contributed by atoms with Crippen LogP contribution in [0.5, 0.6) is 0 Å². The number of rotatable bonds is 8. The molecule has 1 aliphatic rings. The number of nitrogens with one attached hydrogen (secondary N) is 2. The second-order valence-electron chi connectivity index (χ2n) is 8.32. The summed E-state index contributed by atoms with van der Waals surface area (Å²) in [6.45, 7) is 8.09. The van der Waals surface area contributed by atoms with Crippen molar-refractivity contribution in [2.45, 2.75) is 51.6 Å². The first-order valence-corrected chi connectivity index (χ1v) is 9.31. The van der Waals surface area contributed by atoms with Gasteiger partial charge in [-0.1, -0.05) is 0 Å². The Morgan fingerprint density at radius 3 is 2.38 bits per heavy atom. The molecule has 11 nitrogen and oxygen atoms in total. The molecule has 1 fully saturated rings. The van der Waals surface area contributed by atoms with E-state index in [2.05, 4.69) is 10.6 Å². The molecule has 0 bridgehead atoms. The first kappa shape index (κ1) is 22.5. The molecule has 29 heavy (non-hydrogen) atoms. The molecule has 1 saturated heterocycles. The van der Waals surface area contributed by atoms with E-state index in [-0.39, 0.29) is 28.9 Å². The van der Waals surface area contributed by atoms with Gasteiger partial charge in [0.1, 0.15) is 5.69 Å². The Morgan fingerprint density at radius 1 is 1.21 bits per heavy atom. The van der Waals surface area contributed by atoms with Gasteiger partial charge in [0.25, 0.3) is 11.4 Å². The summed E-state index contributed by atoms with van der Waals surface area (Å²) in [4.78, 5) is 33.1. The molecule has 11 heteroatoms. The fourth-order valence-corrected chi connectivity index (χ4v) is 3.76. The zero-order valence-electron chi connectivity index (χ0n) is 17.0. The minimum atomic E-state index is -0.689. The fourth-order valence-electron chi connectivity index (χ4n) is 3.76. The van der Waals surface area contributed by atoms with Crippen LogP contribution in [0.1, 0.15) is 40.5 Å². The van der Waals surface area contributed by atoms with Crippen LogP contribution in [0.4, 0.5) is 17.1 Å². The Bertz CT molecular complexity index is 810. The van der Waals surface area contributed by atoms with Crippen LogP contribution in [0.2, 0.25) is 0 Å². The Hall–Kier alpha value is -2.79. The number of nitro groups is 2. The SMILES string of the molecule is CC1(C)CC(C(=O)NCCCNc2ccc([N+](=O)[O-])cc2[N+](=O)[O-])C(C)(C)N1O. The van der Waals surface area contributed by atoms with Gasteiger partial charge in [0.2, 0.25) is 5.91 Å². The maximum atomic E-state index is 12.5. The highest BCUT2D eigenvalue weighted by molar-refractivity contribution is 5.80. The lowest BCUT2D eigenvalue weighted by Crippen LogP contribution is -2.50. The topological polar surface area (TPSA) is 151 Å². The summed E-state index contributed by atoms with van der Waals surface area (Å²) in [7, 11) is 0. The number of amides is 1. The second kappa shape index (κ2) is 8.29. The van der Waals surface area contributed by atoms with Gasteiger partial charge in [0.15, 0.2) is 0 Å². The van der Waals surface area contributed by atoms with E-state index in [0.717, 1.165) is 6.07 Å². The van der Waals surface area contributed by atoms with E-state index in [0.29, 0.717) is 25.9 Å². The molecule has 0 spiro atoms. The van der Waals surface area contributed by atoms with Crippen molar-refractivity contribution < 1.29 is 19.8 Å². The van der Waals surface area contributed by atoms with Crippen LogP contribution in [0, 0.1) is 26.1 Å². The molecular weight excluding hydrogens is 382 g/mol. The minimum Gasteiger partial charge on any atom is -0.379 e. The zero-order valence-corrected chi connectivity index (χ0v) is 17.0. The van der Waals surface area contributed by atoms with E-state index < -0.39 is 20.9 Å². The van der Waals surface area contributed by atoms with Crippen molar-refractivity contribution in [3.05, 3.63) is 38.4 Å². The highest BCUT2D eigenvalue weighted by Gasteiger charge is 2.54. The smallest absolute Gasteiger partial charge is 0.299 e. The number of nitro benzene ring substituents is 2. The molecule has 3 N–H and O–H groups in total. The predicted octanol–water partition coefficient (Wildman–Crippen LogP) is 2.69. The third-order valence-corrected chi connectivity index (χ3v) is 5.35. The normalized spacial score (nSPS) is 20.2. The third kappa shape index (κ3) is 4.80. The molecule has 1 aromatic carbocycles. The van der Waals surface area contributed by atoms with Crippen LogP contribution in [-0.2, 0) is 4.79 Å². The van der Waals surface area contributed by atoms with Crippen LogP contribution in [0.25, 0.3) is 0 Å². The zero-order chi connectivity index (χ0) is 22.0. The maximum Gasteiger partial charge on any atom is 0.299 e. The molecule has 1 amide bonds. The number of carbonyl (C=O) groups is 1. The lowest BCUT2D eigenvalue weighted by molar-refractivity contribution is -0.393. The number of non-ortho nitro benzene ring substituents is 1. The Labute approximate surface area is 168 Å². The van der Waals surface area contributed by atoms with E-state index in [1.807, 2.05) is 27.7 Å². The highest BCUT2D eigenvalue weighted by Crippen LogP contribution is 2.43. The number of nitrogens with zero attached hydrogens (tertiary/aromatic N) is 3. The van der Waals surface area contributed by atoms with E-state index >= 15 is 0 Å². The van der Waals surface area contributed by atoms with Crippen molar-refractivity contribution in [3.63, 3.8) is 0 Å². The Morgan fingerprint density at radius 2 is 1.86 bits per heavy atom. The van der Waals surface area contributed by atoms with Crippen LogP contribution in [0.15, 0.2) is 18.2 Å². The van der Waals surface area contributed by atoms with E-state index in [1.54, 1.807) is 0 Å². The lowest BCUT2D eigenvalue weighted by atomic mass is 9.86. The van der Waals surface area contributed by atoms with Crippen molar-refractivity contribution >= 4 is 23.0 Å². The quantitative estimate of drug-likeness (QED) is 0.337. The maximum absolute atomic E-state index is 12.5. The number of benzene rings is 1. The summed E-state index contributed by atoms with van der Waals surface area (Å²) < 4.78 is 0. The predicted molar refractivity (Wildman–Crippen MR) is 106 cm³/mol. The molecule has 1 atom stereocenters. The monoisotopic (exact) mass is 409 g/mol. The summed E-state index contributed by atoms with van der Waals surface area (Å²) in [6.07, 6.45) is 1.02. The largest absolute Gasteiger partial charge is 0.379 e. The average molecular weight is 409 g/mol. The summed E-state index contributed by atoms with van der Waals surface area (Å²) in [5.41, 5.74) is -1.73. The van der Waals surface area contributed by atoms with Gasteiger partial charge in [-0.25, -0.2) is 0 Å². The highest BCUT2D eigenvalue weighted by atomic mass is 16.6. The second-order valence-corrected chi connectivity index (χ2v) is 8.32. The van der Waals surface area contributed by atoms with Crippen LogP contribution in [0.3, 0.4) is 0 Å². The molecule has 0 aliphatic carbocycles. The molecule has 1 aliphatic heterocycles. The Kier molecular flexibility index (Phi) is 6.43. The third-order valence-electron chi connectivity index (χ3n) is 5.35. The molecular formula is C18H27N5O6. The summed E-state index contributed by atoms with van der Waals surface area (Å²) in [6, 6.07) is 3.41. The molecule has 0 saturated carbocycles. The molecule has 0 aromatic heterocycles. The van der Waals surface area contributed by atoms with Crippen LogP contribution >= 0.6 is 0 Å². The van der Waals surface area contributed by atoms with Gasteiger partial charge >= 0.3 is 0 Å². The van der Waals surface area contributed by atoms with Gasteiger partial charge in [-0.3, -0.25) is 25.0 Å². The van der Waals surface area contributed by atoms with Gasteiger partial charge in [-0.2, -0.15) is 5.06 Å². The van der Waals surface area contributed by atoms with Gasteiger partial charge in [-0.15, -0.1) is 0 Å². The van der Waals surface area contributed by atoms with Crippen molar-refractivity contribution in [2.75, 3.05) is 18.4 Å². The van der Waals surface area contributed by atoms with Crippen molar-refractivity contribution in [1.29, 1.82) is 0 Å². The standard InChI is InChI=1S/C18H27N5O6/c1-17(2)11-13(18(3,4)23(17)29)16(24)20-9-5-8-19-14-7-6-12(21(25)26)10-15(14)22(27)28/h6-7,10,13,19,29H,5,8-9,11H2,1-4H3,(H,20,24). The number of anilines is 1. The van der Waals surface area contributed by atoms with Gasteiger partial charge in [0.05, 0.1) is 27.4 Å². The Balaban J connectivity index is 1.87. The number of hydrogen-bond acceptors (Lipinski definition) is 8. The molecule has 0 radical (unpaired) electrons. The number of hydrogen-bond donors (Lipinski definition) is 3. The van der Waals surface area contributed by atoms with E-state index in [9.17, 15) is 30.2 Å². The van der Waals surface area contributed by atoms with Gasteiger partial charge in [0, 0.05) is 24.7 Å². The molecule has 2 rings (SSSR count). The fraction of sp³-hybridized carbons (Fsp3) is 0.611. The lowest BCUT2D eigenvalue weighted by Gasteiger charge is -2.35. The van der Waals surface area contributed by atoms with Crippen molar-refractivity contribution in [3.8, 4) is 0 Å². The van der Waals surface area contributed by atoms with Crippen LogP contribution < -0.4 is 10.6 Å². The average Bonchev–Trinajstić information content (AvgIpc) is 2.80. The molecule has 1 aromatic rings. The number of carbonyl (C=O) groups excluding carboxylic acids is 1. The number of hydroxylamine groups is 2. The van der Waals surface area contributed by atoms with E-state index in [1.165, 1.54) is 17.2 Å². The first-order valence-electron chi connectivity index (χ1n) is 9.31. The van der Waals surface area contributed by atoms with Crippen molar-refractivity contribution in [2.24, 2.45) is 5.92 Å². The summed E-state index contributed by atoms with van der Waals surface area (Å²) in [5, 5.41) is 39.2. The first-order chi connectivity index (χ1) is 13.4. The summed E-state index contributed by atoms with van der Waals surface area (Å²) >= 11 is 0. The molecule has 1 heterocycles. The molecule has 1 unspecified atom stereocenters. The minimum absolute atomic E-state index is 0.152. The van der Waals surface area contributed by atoms with Crippen LogP contribution in [-0.4, -0.2) is 50.2 Å².